The van der Waals surface area contributed by atoms with Gasteiger partial charge in [-0.15, -0.1) is 0 Å². The van der Waals surface area contributed by atoms with Gasteiger partial charge in [0.25, 0.3) is 5.91 Å². The smallest absolute Gasteiger partial charge is 0.263 e. The van der Waals surface area contributed by atoms with Crippen LogP contribution in [-0.4, -0.2) is 28.9 Å². The summed E-state index contributed by atoms with van der Waals surface area (Å²) in [6.45, 7) is 2.00. The van der Waals surface area contributed by atoms with Gasteiger partial charge in [0.1, 0.15) is 11.6 Å². The molecule has 116 valence electrons. The van der Waals surface area contributed by atoms with Crippen molar-refractivity contribution in [1.29, 1.82) is 0 Å². The minimum Gasteiger partial charge on any atom is -0.479 e. The molecule has 0 fully saturated rings. The molecule has 0 bridgehead atoms. The number of carbonyl (C=O) groups is 1. The summed E-state index contributed by atoms with van der Waals surface area (Å²) in [5, 5.41) is 0.132. The number of nitrogens with zero attached hydrogens (tertiary/aromatic N) is 2. The highest BCUT2D eigenvalue weighted by atomic mass is 35.5. The second-order valence-corrected chi connectivity index (χ2v) is 5.26. The number of hydrogen-bond acceptors (Lipinski definition) is 3. The van der Waals surface area contributed by atoms with Crippen molar-refractivity contribution in [1.82, 2.24) is 9.88 Å². The van der Waals surface area contributed by atoms with E-state index in [1.165, 1.54) is 17.0 Å². The van der Waals surface area contributed by atoms with Crippen molar-refractivity contribution < 1.29 is 13.9 Å². The number of aromatic nitrogens is 1. The Labute approximate surface area is 133 Å². The highest BCUT2D eigenvalue weighted by Gasteiger charge is 2.20. The maximum absolute atomic E-state index is 13.0. The fourth-order valence-electron chi connectivity index (χ4n) is 1.93. The van der Waals surface area contributed by atoms with Gasteiger partial charge in [0, 0.05) is 13.2 Å². The summed E-state index contributed by atoms with van der Waals surface area (Å²) in [5.41, 5.74) is 0.783. The molecular formula is C16H16ClFN2O2. The Bertz CT molecular complexity index is 652. The Morgan fingerprint density at radius 2 is 2.18 bits per heavy atom. The van der Waals surface area contributed by atoms with Gasteiger partial charge in [-0.05, 0) is 37.3 Å². The number of amides is 1. The van der Waals surface area contributed by atoms with E-state index < -0.39 is 11.9 Å². The molecule has 0 unspecified atom stereocenters. The van der Waals surface area contributed by atoms with Crippen LogP contribution in [0.25, 0.3) is 0 Å². The molecule has 0 N–H and O–H groups in total. The van der Waals surface area contributed by atoms with E-state index in [1.54, 1.807) is 20.2 Å². The predicted molar refractivity (Wildman–Crippen MR) is 82.2 cm³/mol. The highest BCUT2D eigenvalue weighted by Crippen LogP contribution is 2.26. The molecular weight excluding hydrogens is 307 g/mol. The van der Waals surface area contributed by atoms with Gasteiger partial charge in [0.15, 0.2) is 6.10 Å². The molecule has 6 heteroatoms. The molecule has 0 radical (unpaired) electrons. The number of rotatable bonds is 5. The topological polar surface area (TPSA) is 42.4 Å². The highest BCUT2D eigenvalue weighted by molar-refractivity contribution is 6.32. The van der Waals surface area contributed by atoms with E-state index in [-0.39, 0.29) is 16.7 Å². The molecule has 1 amide bonds. The van der Waals surface area contributed by atoms with Crippen molar-refractivity contribution >= 4 is 17.5 Å². The summed E-state index contributed by atoms with van der Waals surface area (Å²) in [4.78, 5) is 18.0. The Balaban J connectivity index is 1.99. The third kappa shape index (κ3) is 4.18. The summed E-state index contributed by atoms with van der Waals surface area (Å²) in [5.74, 6) is -0.398. The Morgan fingerprint density at radius 3 is 2.82 bits per heavy atom. The number of halogens is 2. The van der Waals surface area contributed by atoms with Gasteiger partial charge in [-0.3, -0.25) is 9.78 Å². The van der Waals surface area contributed by atoms with Crippen molar-refractivity contribution in [3.8, 4) is 5.75 Å². The first-order valence-corrected chi connectivity index (χ1v) is 7.12. The summed E-state index contributed by atoms with van der Waals surface area (Å²) in [6, 6.07) is 9.29. The summed E-state index contributed by atoms with van der Waals surface area (Å²) in [7, 11) is 1.67. The van der Waals surface area contributed by atoms with Crippen LogP contribution in [0, 0.1) is 5.82 Å². The molecule has 1 aromatic carbocycles. The van der Waals surface area contributed by atoms with Crippen LogP contribution in [0.4, 0.5) is 4.39 Å². The third-order valence-corrected chi connectivity index (χ3v) is 3.34. The monoisotopic (exact) mass is 322 g/mol. The van der Waals surface area contributed by atoms with E-state index in [0.29, 0.717) is 6.54 Å². The first-order chi connectivity index (χ1) is 10.5. The minimum absolute atomic E-state index is 0.132. The fourth-order valence-corrected chi connectivity index (χ4v) is 2.15. The van der Waals surface area contributed by atoms with Gasteiger partial charge in [-0.2, -0.15) is 0 Å². The second-order valence-electron chi connectivity index (χ2n) is 4.85. The van der Waals surface area contributed by atoms with E-state index >= 15 is 0 Å². The van der Waals surface area contributed by atoms with Crippen molar-refractivity contribution in [3.05, 3.63) is 59.1 Å². The van der Waals surface area contributed by atoms with E-state index in [0.717, 1.165) is 11.8 Å². The van der Waals surface area contributed by atoms with Crippen LogP contribution < -0.4 is 4.74 Å². The van der Waals surface area contributed by atoms with E-state index in [4.69, 9.17) is 16.3 Å². The first-order valence-electron chi connectivity index (χ1n) is 6.74. The van der Waals surface area contributed by atoms with Gasteiger partial charge in [0.2, 0.25) is 0 Å². The maximum atomic E-state index is 13.0. The van der Waals surface area contributed by atoms with Crippen molar-refractivity contribution in [2.75, 3.05) is 7.05 Å². The first kappa shape index (κ1) is 16.2. The largest absolute Gasteiger partial charge is 0.479 e. The quantitative estimate of drug-likeness (QED) is 0.848. The lowest BCUT2D eigenvalue weighted by molar-refractivity contribution is -0.137. The molecule has 0 saturated heterocycles. The summed E-state index contributed by atoms with van der Waals surface area (Å²) < 4.78 is 18.5. The van der Waals surface area contributed by atoms with E-state index in [2.05, 4.69) is 4.98 Å². The molecule has 0 aliphatic carbocycles. The second kappa shape index (κ2) is 7.22. The predicted octanol–water partition coefficient (Wildman–Crippen LogP) is 3.30. The van der Waals surface area contributed by atoms with E-state index in [1.807, 2.05) is 18.2 Å². The zero-order valence-corrected chi connectivity index (χ0v) is 13.0. The van der Waals surface area contributed by atoms with Crippen LogP contribution in [-0.2, 0) is 11.3 Å². The normalized spacial score (nSPS) is 11.8. The molecule has 0 aliphatic heterocycles. The molecule has 22 heavy (non-hydrogen) atoms. The number of ether oxygens (including phenoxy) is 1. The fraction of sp³-hybridized carbons (Fsp3) is 0.250. The number of pyridine rings is 1. The third-order valence-electron chi connectivity index (χ3n) is 3.05. The average molecular weight is 323 g/mol. The molecule has 0 saturated carbocycles. The van der Waals surface area contributed by atoms with Crippen molar-refractivity contribution in [3.63, 3.8) is 0 Å². The molecule has 1 aromatic heterocycles. The van der Waals surface area contributed by atoms with Crippen LogP contribution in [0.3, 0.4) is 0 Å². The van der Waals surface area contributed by atoms with Gasteiger partial charge in [0.05, 0.1) is 17.3 Å². The molecule has 0 aliphatic rings. The zero-order chi connectivity index (χ0) is 16.1. The van der Waals surface area contributed by atoms with Crippen LogP contribution in [0.1, 0.15) is 12.6 Å². The number of likely N-dealkylation sites (N-methyl/N-ethyl adjacent to an activating group) is 1. The Morgan fingerprint density at radius 1 is 1.41 bits per heavy atom. The number of hydrogen-bond donors (Lipinski definition) is 0. The number of carbonyl (C=O) groups excluding carboxylic acids is 1. The summed E-state index contributed by atoms with van der Waals surface area (Å²) >= 11 is 5.89. The molecule has 2 rings (SSSR count). The van der Waals surface area contributed by atoms with E-state index in [9.17, 15) is 9.18 Å². The zero-order valence-electron chi connectivity index (χ0n) is 12.3. The van der Waals surface area contributed by atoms with Gasteiger partial charge in [-0.1, -0.05) is 17.7 Å². The average Bonchev–Trinajstić information content (AvgIpc) is 2.50. The van der Waals surface area contributed by atoms with Crippen LogP contribution in [0.15, 0.2) is 42.6 Å². The van der Waals surface area contributed by atoms with Crippen molar-refractivity contribution in [2.24, 2.45) is 0 Å². The minimum atomic E-state index is -0.739. The summed E-state index contributed by atoms with van der Waals surface area (Å²) in [6.07, 6.45) is 0.933. The Kier molecular flexibility index (Phi) is 5.33. The van der Waals surface area contributed by atoms with Gasteiger partial charge in [-0.25, -0.2) is 4.39 Å². The lowest BCUT2D eigenvalue weighted by Crippen LogP contribution is -2.37. The van der Waals surface area contributed by atoms with Crippen molar-refractivity contribution in [2.45, 2.75) is 19.6 Å². The molecule has 0 spiro atoms. The molecule has 1 heterocycles. The van der Waals surface area contributed by atoms with Crippen LogP contribution >= 0.6 is 11.6 Å². The molecule has 1 atom stereocenters. The lowest BCUT2D eigenvalue weighted by Gasteiger charge is -2.22. The maximum Gasteiger partial charge on any atom is 0.263 e. The molecule has 4 nitrogen and oxygen atoms in total. The molecule has 2 aromatic rings. The Hall–Kier alpha value is -2.14. The van der Waals surface area contributed by atoms with Gasteiger partial charge < -0.3 is 9.64 Å². The number of benzene rings is 1. The SMILES string of the molecule is C[C@@H](Oc1ccc(F)cc1Cl)C(=O)N(C)Cc1ccccn1. The lowest BCUT2D eigenvalue weighted by atomic mass is 10.3. The van der Waals surface area contributed by atoms with Crippen LogP contribution in [0.2, 0.25) is 5.02 Å². The van der Waals surface area contributed by atoms with Gasteiger partial charge >= 0.3 is 0 Å². The standard InChI is InChI=1S/C16H16ClFN2O2/c1-11(22-15-7-6-12(18)9-14(15)17)16(21)20(2)10-13-5-3-4-8-19-13/h3-9,11H,10H2,1-2H3/t11-/m1/s1. The van der Waals surface area contributed by atoms with Crippen LogP contribution in [0.5, 0.6) is 5.75 Å².